The number of halogens is 1. The molecule has 0 spiro atoms. The zero-order valence-corrected chi connectivity index (χ0v) is 16.5. The molecule has 2 fully saturated rings. The molecule has 0 radical (unpaired) electrons. The number of likely N-dealkylation sites (tertiary alicyclic amines) is 1. The average Bonchev–Trinajstić information content (AvgIpc) is 3.32. The van der Waals surface area contributed by atoms with Crippen LogP contribution in [0.1, 0.15) is 24.3 Å². The lowest BCUT2D eigenvalue weighted by atomic mass is 9.95. The normalized spacial score (nSPS) is 24.4. The summed E-state index contributed by atoms with van der Waals surface area (Å²) in [4.78, 5) is 14.6. The van der Waals surface area contributed by atoms with Crippen molar-refractivity contribution in [1.82, 2.24) is 9.62 Å². The van der Waals surface area contributed by atoms with E-state index in [2.05, 4.69) is 4.72 Å². The maximum absolute atomic E-state index is 14.3. The van der Waals surface area contributed by atoms with E-state index in [0.717, 1.165) is 23.8 Å². The van der Waals surface area contributed by atoms with Crippen LogP contribution < -0.4 is 4.72 Å². The van der Waals surface area contributed by atoms with Crippen molar-refractivity contribution in [1.29, 1.82) is 0 Å². The standard InChI is InChI=1S/C21H23FN2O3S/c1-28(26,27)23-14-10-11-24(13-14)21(25)19-12-18(19)16-7-3-2-6-15(16)17-8-4-5-9-20(17)22/h2-9,14,18-19,23H,10-13H2,1H3. The molecule has 3 unspecified atom stereocenters. The third-order valence-electron chi connectivity index (χ3n) is 5.51. The molecule has 2 aliphatic rings. The molecule has 7 heteroatoms. The van der Waals surface area contributed by atoms with Crippen molar-refractivity contribution in [3.05, 3.63) is 59.9 Å². The van der Waals surface area contributed by atoms with E-state index >= 15 is 0 Å². The summed E-state index contributed by atoms with van der Waals surface area (Å²) in [7, 11) is -3.28. The maximum Gasteiger partial charge on any atom is 0.226 e. The van der Waals surface area contributed by atoms with Gasteiger partial charge in [-0.05, 0) is 36.0 Å². The van der Waals surface area contributed by atoms with Crippen LogP contribution in [0.15, 0.2) is 48.5 Å². The summed E-state index contributed by atoms with van der Waals surface area (Å²) in [6, 6.07) is 14.1. The maximum atomic E-state index is 14.3. The number of rotatable bonds is 5. The predicted molar refractivity (Wildman–Crippen MR) is 106 cm³/mol. The van der Waals surface area contributed by atoms with E-state index < -0.39 is 10.0 Å². The van der Waals surface area contributed by atoms with Crippen molar-refractivity contribution in [2.75, 3.05) is 19.3 Å². The Balaban J connectivity index is 1.48. The van der Waals surface area contributed by atoms with E-state index in [0.29, 0.717) is 25.1 Å². The summed E-state index contributed by atoms with van der Waals surface area (Å²) in [6.45, 7) is 0.967. The Morgan fingerprint density at radius 3 is 2.50 bits per heavy atom. The SMILES string of the molecule is CS(=O)(=O)NC1CCN(C(=O)C2CC2c2ccccc2-c2ccccc2F)C1. The van der Waals surface area contributed by atoms with Gasteiger partial charge < -0.3 is 4.90 Å². The van der Waals surface area contributed by atoms with Crippen molar-refractivity contribution in [3.63, 3.8) is 0 Å². The van der Waals surface area contributed by atoms with Crippen LogP contribution in [0.3, 0.4) is 0 Å². The molecule has 0 aromatic heterocycles. The molecule has 1 saturated carbocycles. The first-order valence-corrected chi connectivity index (χ1v) is 11.3. The Morgan fingerprint density at radius 1 is 1.11 bits per heavy atom. The number of hydrogen-bond acceptors (Lipinski definition) is 3. The molecule has 5 nitrogen and oxygen atoms in total. The van der Waals surface area contributed by atoms with Gasteiger partial charge in [-0.25, -0.2) is 17.5 Å². The molecule has 28 heavy (non-hydrogen) atoms. The molecule has 3 atom stereocenters. The largest absolute Gasteiger partial charge is 0.341 e. The number of carbonyl (C=O) groups is 1. The van der Waals surface area contributed by atoms with Gasteiger partial charge in [0.1, 0.15) is 5.82 Å². The van der Waals surface area contributed by atoms with Crippen molar-refractivity contribution in [3.8, 4) is 11.1 Å². The summed E-state index contributed by atoms with van der Waals surface area (Å²) in [5.41, 5.74) is 2.38. The van der Waals surface area contributed by atoms with E-state index in [4.69, 9.17) is 0 Å². The van der Waals surface area contributed by atoms with Gasteiger partial charge in [0.2, 0.25) is 15.9 Å². The molecule has 1 N–H and O–H groups in total. The Morgan fingerprint density at radius 2 is 1.79 bits per heavy atom. The number of benzene rings is 2. The Labute approximate surface area is 164 Å². The van der Waals surface area contributed by atoms with Crippen LogP contribution in [-0.4, -0.2) is 44.6 Å². The number of nitrogens with one attached hydrogen (secondary N) is 1. The van der Waals surface area contributed by atoms with Crippen molar-refractivity contribution < 1.29 is 17.6 Å². The summed E-state index contributed by atoms with van der Waals surface area (Å²) in [5, 5.41) is 0. The van der Waals surface area contributed by atoms with Gasteiger partial charge in [0.05, 0.1) is 6.26 Å². The van der Waals surface area contributed by atoms with Gasteiger partial charge in [-0.15, -0.1) is 0 Å². The molecule has 1 amide bonds. The van der Waals surface area contributed by atoms with E-state index in [1.54, 1.807) is 17.0 Å². The highest BCUT2D eigenvalue weighted by molar-refractivity contribution is 7.88. The molecule has 1 aliphatic carbocycles. The Bertz CT molecular complexity index is 1010. The summed E-state index contributed by atoms with van der Waals surface area (Å²) in [5.74, 6) is -0.256. The fourth-order valence-corrected chi connectivity index (χ4v) is 4.95. The highest BCUT2D eigenvalue weighted by atomic mass is 32.2. The van der Waals surface area contributed by atoms with Crippen LogP contribution in [0.2, 0.25) is 0 Å². The Kier molecular flexibility index (Phi) is 4.97. The zero-order chi connectivity index (χ0) is 19.9. The summed E-state index contributed by atoms with van der Waals surface area (Å²) >= 11 is 0. The Hall–Kier alpha value is -2.25. The fraction of sp³-hybridized carbons (Fsp3) is 0.381. The van der Waals surface area contributed by atoms with Crippen molar-refractivity contribution in [2.45, 2.75) is 24.8 Å². The second-order valence-corrected chi connectivity index (χ2v) is 9.46. The monoisotopic (exact) mass is 402 g/mol. The molecular formula is C21H23FN2O3S. The minimum Gasteiger partial charge on any atom is -0.341 e. The molecule has 0 bridgehead atoms. The predicted octanol–water partition coefficient (Wildman–Crippen LogP) is 2.75. The van der Waals surface area contributed by atoms with Crippen molar-refractivity contribution in [2.24, 2.45) is 5.92 Å². The van der Waals surface area contributed by atoms with Crippen LogP contribution in [0.5, 0.6) is 0 Å². The number of amides is 1. The van der Waals surface area contributed by atoms with Gasteiger partial charge in [0.25, 0.3) is 0 Å². The fourth-order valence-electron chi connectivity index (χ4n) is 4.15. The minimum absolute atomic E-state index is 0.0612. The van der Waals surface area contributed by atoms with Crippen LogP contribution in [0.4, 0.5) is 4.39 Å². The zero-order valence-electron chi connectivity index (χ0n) is 15.6. The lowest BCUT2D eigenvalue weighted by Crippen LogP contribution is -2.38. The molecule has 148 valence electrons. The minimum atomic E-state index is -3.28. The van der Waals surface area contributed by atoms with E-state index in [9.17, 15) is 17.6 Å². The topological polar surface area (TPSA) is 66.5 Å². The lowest BCUT2D eigenvalue weighted by molar-refractivity contribution is -0.131. The third-order valence-corrected chi connectivity index (χ3v) is 6.27. The highest BCUT2D eigenvalue weighted by Crippen LogP contribution is 2.51. The summed E-state index contributed by atoms with van der Waals surface area (Å²) in [6.07, 6.45) is 2.50. The second kappa shape index (κ2) is 7.29. The molecule has 4 rings (SSSR count). The molecule has 1 heterocycles. The van der Waals surface area contributed by atoms with Gasteiger partial charge in [0.15, 0.2) is 0 Å². The van der Waals surface area contributed by atoms with Gasteiger partial charge >= 0.3 is 0 Å². The van der Waals surface area contributed by atoms with Crippen LogP contribution in [-0.2, 0) is 14.8 Å². The first-order valence-electron chi connectivity index (χ1n) is 9.43. The first kappa shape index (κ1) is 19.1. The summed E-state index contributed by atoms with van der Waals surface area (Å²) < 4.78 is 39.7. The smallest absolute Gasteiger partial charge is 0.226 e. The van der Waals surface area contributed by atoms with E-state index in [1.165, 1.54) is 6.07 Å². The number of carbonyl (C=O) groups excluding carboxylic acids is 1. The lowest BCUT2D eigenvalue weighted by Gasteiger charge is -2.17. The van der Waals surface area contributed by atoms with Crippen molar-refractivity contribution >= 4 is 15.9 Å². The number of hydrogen-bond donors (Lipinski definition) is 1. The second-order valence-electron chi connectivity index (χ2n) is 7.68. The molecule has 1 saturated heterocycles. The quantitative estimate of drug-likeness (QED) is 0.836. The highest BCUT2D eigenvalue weighted by Gasteiger charge is 2.47. The molecular weight excluding hydrogens is 379 g/mol. The molecule has 2 aromatic rings. The molecule has 1 aliphatic heterocycles. The van der Waals surface area contributed by atoms with Gasteiger partial charge in [-0.3, -0.25) is 4.79 Å². The first-order chi connectivity index (χ1) is 13.3. The average molecular weight is 402 g/mol. The third kappa shape index (κ3) is 3.95. The van der Waals surface area contributed by atoms with Crippen LogP contribution >= 0.6 is 0 Å². The number of sulfonamides is 1. The number of nitrogens with zero attached hydrogens (tertiary/aromatic N) is 1. The van der Waals surface area contributed by atoms with E-state index in [-0.39, 0.29) is 29.6 Å². The van der Waals surface area contributed by atoms with Crippen LogP contribution in [0, 0.1) is 11.7 Å². The van der Waals surface area contributed by atoms with Gasteiger partial charge in [-0.1, -0.05) is 42.5 Å². The van der Waals surface area contributed by atoms with Crippen LogP contribution in [0.25, 0.3) is 11.1 Å². The van der Waals surface area contributed by atoms with Gasteiger partial charge in [-0.2, -0.15) is 0 Å². The molecule has 2 aromatic carbocycles. The van der Waals surface area contributed by atoms with E-state index in [1.807, 2.05) is 30.3 Å². The van der Waals surface area contributed by atoms with Gasteiger partial charge in [0, 0.05) is 30.6 Å².